The Labute approximate surface area is 84.1 Å². The number of aromatic nitrogens is 2. The van der Waals surface area contributed by atoms with Gasteiger partial charge in [0.2, 0.25) is 0 Å². The summed E-state index contributed by atoms with van der Waals surface area (Å²) in [5.74, 6) is 0. The van der Waals surface area contributed by atoms with Gasteiger partial charge in [-0.3, -0.25) is 4.68 Å². The summed E-state index contributed by atoms with van der Waals surface area (Å²) in [5.41, 5.74) is 2.75. The van der Waals surface area contributed by atoms with Gasteiger partial charge in [-0.05, 0) is 20.8 Å². The highest BCUT2D eigenvalue weighted by Crippen LogP contribution is 2.23. The van der Waals surface area contributed by atoms with Crippen LogP contribution in [0.25, 0.3) is 0 Å². The summed E-state index contributed by atoms with van der Waals surface area (Å²) < 4.78 is 7.11. The van der Waals surface area contributed by atoms with Gasteiger partial charge in [0.25, 0.3) is 0 Å². The average Bonchev–Trinajstić information content (AvgIpc) is 2.39. The molecule has 76 valence electrons. The predicted molar refractivity (Wildman–Crippen MR) is 52.7 cm³/mol. The summed E-state index contributed by atoms with van der Waals surface area (Å²) in [6, 6.07) is 2.14. The van der Waals surface area contributed by atoms with Gasteiger partial charge in [0, 0.05) is 24.9 Å². The minimum absolute atomic E-state index is 0.492. The SMILES string of the molecule is CCOC(C#N)c1c(C)nn(C)c1C. The van der Waals surface area contributed by atoms with Crippen LogP contribution in [0.3, 0.4) is 0 Å². The third-order valence-corrected chi connectivity index (χ3v) is 2.28. The average molecular weight is 193 g/mol. The maximum atomic E-state index is 8.96. The van der Waals surface area contributed by atoms with Gasteiger partial charge in [-0.25, -0.2) is 0 Å². The Balaban J connectivity index is 3.10. The van der Waals surface area contributed by atoms with Crippen molar-refractivity contribution in [2.75, 3.05) is 6.61 Å². The van der Waals surface area contributed by atoms with E-state index < -0.39 is 6.10 Å². The van der Waals surface area contributed by atoms with Crippen molar-refractivity contribution in [2.45, 2.75) is 26.9 Å². The number of nitriles is 1. The van der Waals surface area contributed by atoms with E-state index in [1.54, 1.807) is 4.68 Å². The number of ether oxygens (including phenoxy) is 1. The number of hydrogen-bond acceptors (Lipinski definition) is 3. The van der Waals surface area contributed by atoms with Crippen LogP contribution in [0.2, 0.25) is 0 Å². The molecule has 0 radical (unpaired) electrons. The van der Waals surface area contributed by atoms with Crippen molar-refractivity contribution in [2.24, 2.45) is 7.05 Å². The zero-order valence-electron chi connectivity index (χ0n) is 9.03. The number of rotatable bonds is 3. The second-order valence-corrected chi connectivity index (χ2v) is 3.17. The molecule has 0 spiro atoms. The minimum atomic E-state index is -0.492. The molecule has 0 bridgehead atoms. The van der Waals surface area contributed by atoms with E-state index in [2.05, 4.69) is 11.2 Å². The topological polar surface area (TPSA) is 50.8 Å². The van der Waals surface area contributed by atoms with Crippen molar-refractivity contribution < 1.29 is 4.74 Å². The van der Waals surface area contributed by atoms with Gasteiger partial charge in [-0.15, -0.1) is 0 Å². The van der Waals surface area contributed by atoms with Gasteiger partial charge in [0.15, 0.2) is 6.10 Å². The third-order valence-electron chi connectivity index (χ3n) is 2.28. The van der Waals surface area contributed by atoms with Crippen LogP contribution in [0.4, 0.5) is 0 Å². The number of hydrogen-bond donors (Lipinski definition) is 0. The molecule has 1 heterocycles. The summed E-state index contributed by atoms with van der Waals surface area (Å²) in [4.78, 5) is 0. The maximum absolute atomic E-state index is 8.96. The molecule has 0 aliphatic rings. The van der Waals surface area contributed by atoms with Gasteiger partial charge in [-0.1, -0.05) is 0 Å². The highest BCUT2D eigenvalue weighted by Gasteiger charge is 2.19. The molecule has 1 rings (SSSR count). The van der Waals surface area contributed by atoms with E-state index in [4.69, 9.17) is 10.00 Å². The minimum Gasteiger partial charge on any atom is -0.359 e. The van der Waals surface area contributed by atoms with E-state index in [0.29, 0.717) is 6.61 Å². The van der Waals surface area contributed by atoms with Gasteiger partial charge in [-0.2, -0.15) is 10.4 Å². The van der Waals surface area contributed by atoms with E-state index in [1.165, 1.54) is 0 Å². The molecule has 1 atom stereocenters. The van der Waals surface area contributed by atoms with Crippen molar-refractivity contribution in [3.8, 4) is 6.07 Å². The Morgan fingerprint density at radius 1 is 1.57 bits per heavy atom. The van der Waals surface area contributed by atoms with Crippen LogP contribution in [0.15, 0.2) is 0 Å². The van der Waals surface area contributed by atoms with Crippen molar-refractivity contribution in [1.29, 1.82) is 5.26 Å². The zero-order valence-corrected chi connectivity index (χ0v) is 9.03. The predicted octanol–water partition coefficient (Wildman–Crippen LogP) is 1.64. The summed E-state index contributed by atoms with van der Waals surface area (Å²) in [7, 11) is 1.87. The van der Waals surface area contributed by atoms with Gasteiger partial charge >= 0.3 is 0 Å². The Kier molecular flexibility index (Phi) is 3.26. The van der Waals surface area contributed by atoms with Crippen LogP contribution < -0.4 is 0 Å². The van der Waals surface area contributed by atoms with Crippen LogP contribution in [0.1, 0.15) is 30.0 Å². The first-order valence-corrected chi connectivity index (χ1v) is 4.63. The van der Waals surface area contributed by atoms with Crippen LogP contribution in [0.5, 0.6) is 0 Å². The molecule has 0 aromatic carbocycles. The lowest BCUT2D eigenvalue weighted by molar-refractivity contribution is 0.101. The van der Waals surface area contributed by atoms with Gasteiger partial charge in [0.05, 0.1) is 11.8 Å². The molecule has 1 aromatic rings. The highest BCUT2D eigenvalue weighted by molar-refractivity contribution is 5.30. The molecule has 0 aliphatic carbocycles. The Morgan fingerprint density at radius 2 is 2.21 bits per heavy atom. The van der Waals surface area contributed by atoms with Crippen LogP contribution in [0, 0.1) is 25.2 Å². The fraction of sp³-hybridized carbons (Fsp3) is 0.600. The molecule has 4 heteroatoms. The van der Waals surface area contributed by atoms with E-state index in [9.17, 15) is 0 Å². The second kappa shape index (κ2) is 4.25. The standard InChI is InChI=1S/C10H15N3O/c1-5-14-9(6-11)10-7(2)12-13(4)8(10)3/h9H,5H2,1-4H3. The summed E-state index contributed by atoms with van der Waals surface area (Å²) >= 11 is 0. The fourth-order valence-corrected chi connectivity index (χ4v) is 1.52. The first-order valence-electron chi connectivity index (χ1n) is 4.63. The van der Waals surface area contributed by atoms with Gasteiger partial charge < -0.3 is 4.74 Å². The normalized spacial score (nSPS) is 12.5. The number of nitrogens with zero attached hydrogens (tertiary/aromatic N) is 3. The summed E-state index contributed by atoms with van der Waals surface area (Å²) in [6.45, 7) is 6.25. The van der Waals surface area contributed by atoms with Crippen molar-refractivity contribution in [1.82, 2.24) is 9.78 Å². The molecular weight excluding hydrogens is 178 g/mol. The molecule has 1 aromatic heterocycles. The quantitative estimate of drug-likeness (QED) is 0.733. The second-order valence-electron chi connectivity index (χ2n) is 3.17. The van der Waals surface area contributed by atoms with E-state index in [0.717, 1.165) is 17.0 Å². The summed E-state index contributed by atoms with van der Waals surface area (Å²) in [6.07, 6.45) is -0.492. The molecule has 1 unspecified atom stereocenters. The van der Waals surface area contributed by atoms with Crippen molar-refractivity contribution in [3.63, 3.8) is 0 Å². The molecular formula is C10H15N3O. The molecule has 4 nitrogen and oxygen atoms in total. The Hall–Kier alpha value is -1.34. The lowest BCUT2D eigenvalue weighted by Gasteiger charge is -2.09. The Morgan fingerprint density at radius 3 is 2.57 bits per heavy atom. The third kappa shape index (κ3) is 1.78. The van der Waals surface area contributed by atoms with Crippen LogP contribution >= 0.6 is 0 Å². The largest absolute Gasteiger partial charge is 0.359 e. The monoisotopic (exact) mass is 193 g/mol. The van der Waals surface area contributed by atoms with E-state index in [-0.39, 0.29) is 0 Å². The fourth-order valence-electron chi connectivity index (χ4n) is 1.52. The molecule has 0 amide bonds. The zero-order chi connectivity index (χ0) is 10.7. The van der Waals surface area contributed by atoms with Crippen LogP contribution in [-0.2, 0) is 11.8 Å². The number of aryl methyl sites for hydroxylation is 2. The molecule has 0 aliphatic heterocycles. The lowest BCUT2D eigenvalue weighted by Crippen LogP contribution is -2.04. The summed E-state index contributed by atoms with van der Waals surface area (Å²) in [5, 5.41) is 13.2. The van der Waals surface area contributed by atoms with Crippen LogP contribution in [-0.4, -0.2) is 16.4 Å². The first kappa shape index (κ1) is 10.7. The van der Waals surface area contributed by atoms with E-state index in [1.807, 2.05) is 27.8 Å². The van der Waals surface area contributed by atoms with Gasteiger partial charge in [0.1, 0.15) is 0 Å². The Bertz CT molecular complexity index is 362. The lowest BCUT2D eigenvalue weighted by atomic mass is 10.1. The van der Waals surface area contributed by atoms with Crippen molar-refractivity contribution in [3.05, 3.63) is 17.0 Å². The van der Waals surface area contributed by atoms with Crippen molar-refractivity contribution >= 4 is 0 Å². The molecule has 0 saturated heterocycles. The molecule has 0 fully saturated rings. The smallest absolute Gasteiger partial charge is 0.172 e. The van der Waals surface area contributed by atoms with E-state index >= 15 is 0 Å². The first-order chi connectivity index (χ1) is 6.61. The maximum Gasteiger partial charge on any atom is 0.172 e. The molecule has 14 heavy (non-hydrogen) atoms. The molecule has 0 N–H and O–H groups in total. The molecule has 0 saturated carbocycles. The highest BCUT2D eigenvalue weighted by atomic mass is 16.5.